The highest BCUT2D eigenvalue weighted by Gasteiger charge is 2.15. The fourth-order valence-electron chi connectivity index (χ4n) is 2.24. The zero-order valence-corrected chi connectivity index (χ0v) is 15.0. The monoisotopic (exact) mass is 378 g/mol. The minimum Gasteiger partial charge on any atom is -0.335 e. The quantitative estimate of drug-likeness (QED) is 0.406. The second-order valence-corrected chi connectivity index (χ2v) is 8.18. The number of thiophene rings is 2. The fourth-order valence-corrected chi connectivity index (χ4v) is 5.46. The number of nitrogen functional groups attached to an aromatic ring is 1. The highest BCUT2D eigenvalue weighted by molar-refractivity contribution is 7.98. The number of hydrogen-bond acceptors (Lipinski definition) is 6. The van der Waals surface area contributed by atoms with Gasteiger partial charge in [0.2, 0.25) is 5.16 Å². The first-order chi connectivity index (χ1) is 11.2. The fraction of sp³-hybridized carbons (Fsp3) is 0.0667. The van der Waals surface area contributed by atoms with E-state index in [1.807, 2.05) is 35.7 Å². The third kappa shape index (κ3) is 2.74. The predicted octanol–water partition coefficient (Wildman–Crippen LogP) is 4.88. The molecule has 3 heterocycles. The van der Waals surface area contributed by atoms with Gasteiger partial charge in [0.1, 0.15) is 0 Å². The van der Waals surface area contributed by atoms with Crippen LogP contribution in [-0.4, -0.2) is 14.9 Å². The molecule has 0 bridgehead atoms. The first-order valence-electron chi connectivity index (χ1n) is 6.77. The molecule has 0 saturated heterocycles. The van der Waals surface area contributed by atoms with Gasteiger partial charge in [-0.1, -0.05) is 47.6 Å². The lowest BCUT2D eigenvalue weighted by molar-refractivity contribution is 0.850. The highest BCUT2D eigenvalue weighted by atomic mass is 35.5. The number of aromatic nitrogens is 3. The summed E-state index contributed by atoms with van der Waals surface area (Å²) in [7, 11) is 0. The molecule has 3 aromatic heterocycles. The Hall–Kier alpha value is -1.54. The van der Waals surface area contributed by atoms with Crippen molar-refractivity contribution in [1.82, 2.24) is 14.9 Å². The summed E-state index contributed by atoms with van der Waals surface area (Å²) in [5.74, 6) is 7.53. The van der Waals surface area contributed by atoms with Crippen LogP contribution in [0.25, 0.3) is 20.8 Å². The molecule has 23 heavy (non-hydrogen) atoms. The number of hydrogen-bond donors (Lipinski definition) is 1. The summed E-state index contributed by atoms with van der Waals surface area (Å²) in [6.45, 7) is 0. The molecule has 116 valence electrons. The predicted molar refractivity (Wildman–Crippen MR) is 99.9 cm³/mol. The minimum atomic E-state index is 0.682. The Labute approximate surface area is 149 Å². The smallest absolute Gasteiger partial charge is 0.210 e. The van der Waals surface area contributed by atoms with Crippen LogP contribution in [-0.2, 0) is 5.75 Å². The van der Waals surface area contributed by atoms with Gasteiger partial charge >= 0.3 is 0 Å². The summed E-state index contributed by atoms with van der Waals surface area (Å²) in [6.07, 6.45) is 0. The zero-order valence-electron chi connectivity index (χ0n) is 11.8. The van der Waals surface area contributed by atoms with Gasteiger partial charge in [-0.05, 0) is 17.5 Å². The van der Waals surface area contributed by atoms with Crippen molar-refractivity contribution in [3.8, 4) is 10.7 Å². The van der Waals surface area contributed by atoms with Crippen LogP contribution in [0.3, 0.4) is 0 Å². The van der Waals surface area contributed by atoms with E-state index in [-0.39, 0.29) is 0 Å². The Morgan fingerprint density at radius 2 is 2.04 bits per heavy atom. The molecular formula is C15H11ClN4S3. The normalized spacial score (nSPS) is 11.3. The van der Waals surface area contributed by atoms with E-state index in [4.69, 9.17) is 17.4 Å². The topological polar surface area (TPSA) is 56.7 Å². The summed E-state index contributed by atoms with van der Waals surface area (Å²) in [5, 5.41) is 13.0. The molecule has 0 aliphatic heterocycles. The van der Waals surface area contributed by atoms with E-state index >= 15 is 0 Å². The summed E-state index contributed by atoms with van der Waals surface area (Å²) in [5.41, 5.74) is 0. The summed E-state index contributed by atoms with van der Waals surface area (Å²) in [6, 6.07) is 12.1. The van der Waals surface area contributed by atoms with E-state index in [1.165, 1.54) is 9.38 Å². The standard InChI is InChI=1S/C15H11ClN4S3/c16-13-9-4-1-2-5-10(9)23-12(13)8-22-15-19-18-14(20(15)17)11-6-3-7-21-11/h1-7H,8,17H2. The molecule has 0 unspecified atom stereocenters. The van der Waals surface area contributed by atoms with Crippen molar-refractivity contribution in [2.75, 3.05) is 5.84 Å². The van der Waals surface area contributed by atoms with E-state index in [2.05, 4.69) is 16.3 Å². The van der Waals surface area contributed by atoms with Gasteiger partial charge in [-0.15, -0.1) is 32.9 Å². The maximum Gasteiger partial charge on any atom is 0.210 e. The molecule has 4 aromatic rings. The molecule has 0 spiro atoms. The Morgan fingerprint density at radius 3 is 2.83 bits per heavy atom. The van der Waals surface area contributed by atoms with Crippen molar-refractivity contribution in [3.63, 3.8) is 0 Å². The Bertz CT molecular complexity index is 959. The molecule has 8 heteroatoms. The molecule has 0 fully saturated rings. The lowest BCUT2D eigenvalue weighted by Crippen LogP contribution is -2.11. The minimum absolute atomic E-state index is 0.682. The van der Waals surface area contributed by atoms with E-state index in [0.29, 0.717) is 11.0 Å². The van der Waals surface area contributed by atoms with Gasteiger partial charge < -0.3 is 5.84 Å². The van der Waals surface area contributed by atoms with Crippen molar-refractivity contribution >= 4 is 56.1 Å². The molecule has 4 nitrogen and oxygen atoms in total. The van der Waals surface area contributed by atoms with Gasteiger partial charge in [0.05, 0.1) is 9.90 Å². The van der Waals surface area contributed by atoms with Crippen LogP contribution in [0, 0.1) is 0 Å². The van der Waals surface area contributed by atoms with Crippen molar-refractivity contribution in [3.05, 3.63) is 51.7 Å². The van der Waals surface area contributed by atoms with Gasteiger partial charge in [-0.3, -0.25) is 0 Å². The van der Waals surface area contributed by atoms with Crippen LogP contribution in [0.2, 0.25) is 5.02 Å². The average molecular weight is 379 g/mol. The van der Waals surface area contributed by atoms with Crippen LogP contribution in [0.5, 0.6) is 0 Å². The number of halogens is 1. The highest BCUT2D eigenvalue weighted by Crippen LogP contribution is 2.38. The molecule has 4 rings (SSSR count). The van der Waals surface area contributed by atoms with Crippen LogP contribution in [0.4, 0.5) is 0 Å². The SMILES string of the molecule is Nn1c(SCc2sc3ccccc3c2Cl)nnc1-c1cccs1. The lowest BCUT2D eigenvalue weighted by atomic mass is 10.2. The van der Waals surface area contributed by atoms with E-state index in [1.54, 1.807) is 34.4 Å². The second kappa shape index (κ2) is 6.16. The number of thioether (sulfide) groups is 1. The number of benzene rings is 1. The summed E-state index contributed by atoms with van der Waals surface area (Å²) < 4.78 is 2.74. The molecule has 0 amide bonds. The Morgan fingerprint density at radius 1 is 1.17 bits per heavy atom. The van der Waals surface area contributed by atoms with E-state index in [0.717, 1.165) is 25.9 Å². The van der Waals surface area contributed by atoms with Crippen LogP contribution >= 0.6 is 46.0 Å². The van der Waals surface area contributed by atoms with Gasteiger partial charge in [-0.2, -0.15) is 0 Å². The molecule has 1 aromatic carbocycles. The summed E-state index contributed by atoms with van der Waals surface area (Å²) >= 11 is 11.3. The van der Waals surface area contributed by atoms with Crippen molar-refractivity contribution in [1.29, 1.82) is 0 Å². The number of nitrogens with two attached hydrogens (primary N) is 1. The Balaban J connectivity index is 1.58. The number of nitrogens with zero attached hydrogens (tertiary/aromatic N) is 3. The maximum absolute atomic E-state index is 6.47. The summed E-state index contributed by atoms with van der Waals surface area (Å²) in [4.78, 5) is 2.13. The molecule has 0 aliphatic rings. The largest absolute Gasteiger partial charge is 0.335 e. The van der Waals surface area contributed by atoms with Gasteiger partial charge in [0.15, 0.2) is 5.82 Å². The van der Waals surface area contributed by atoms with Crippen LogP contribution < -0.4 is 5.84 Å². The van der Waals surface area contributed by atoms with Gasteiger partial charge in [-0.25, -0.2) is 4.68 Å². The zero-order chi connectivity index (χ0) is 15.8. The van der Waals surface area contributed by atoms with Crippen molar-refractivity contribution in [2.45, 2.75) is 10.9 Å². The third-order valence-corrected chi connectivity index (χ3v) is 7.07. The molecular weight excluding hydrogens is 368 g/mol. The molecule has 0 radical (unpaired) electrons. The third-order valence-electron chi connectivity index (χ3n) is 3.34. The van der Waals surface area contributed by atoms with Gasteiger partial charge in [0.25, 0.3) is 0 Å². The Kier molecular flexibility index (Phi) is 4.02. The first-order valence-corrected chi connectivity index (χ1v) is 9.83. The molecule has 0 atom stereocenters. The molecule has 0 aliphatic carbocycles. The molecule has 0 saturated carbocycles. The second-order valence-electron chi connectivity index (χ2n) is 4.78. The van der Waals surface area contributed by atoms with Crippen molar-refractivity contribution < 1.29 is 0 Å². The van der Waals surface area contributed by atoms with Crippen molar-refractivity contribution in [2.24, 2.45) is 0 Å². The molecule has 2 N–H and O–H groups in total. The number of fused-ring (bicyclic) bond motifs is 1. The average Bonchev–Trinajstić information content (AvgIpc) is 3.27. The first kappa shape index (κ1) is 15.0. The van der Waals surface area contributed by atoms with E-state index in [9.17, 15) is 0 Å². The number of rotatable bonds is 4. The van der Waals surface area contributed by atoms with E-state index < -0.39 is 0 Å². The van der Waals surface area contributed by atoms with Crippen LogP contribution in [0.15, 0.2) is 46.9 Å². The lowest BCUT2D eigenvalue weighted by Gasteiger charge is -2.01. The van der Waals surface area contributed by atoms with Crippen LogP contribution in [0.1, 0.15) is 4.88 Å². The van der Waals surface area contributed by atoms with Gasteiger partial charge in [0, 0.05) is 20.7 Å². The maximum atomic E-state index is 6.47.